The summed E-state index contributed by atoms with van der Waals surface area (Å²) in [6, 6.07) is -0.0613. The molecule has 1 N–H and O–H groups in total. The number of amides is 1. The number of carbonyl (C=O) groups excluding carboxylic acids is 1. The molecular formula is C17H28N4O2. The van der Waals surface area contributed by atoms with Crippen LogP contribution in [0.25, 0.3) is 0 Å². The van der Waals surface area contributed by atoms with Gasteiger partial charge in [-0.15, -0.1) is 0 Å². The standard InChI is InChI=1S/C17H28N4O2/c1-13(21-9-5-3-4-6-10-21)17(22)19-14-7-12-23-15(14)16-18-8-11-20(16)2/h8,11,13-15H,3-7,9-10,12H2,1-2H3,(H,19,22)/t13?,14-,15-/m0/s1. The summed E-state index contributed by atoms with van der Waals surface area (Å²) in [6.07, 6.45) is 9.34. The number of ether oxygens (including phenoxy) is 1. The Balaban J connectivity index is 1.61. The van der Waals surface area contributed by atoms with Gasteiger partial charge in [-0.3, -0.25) is 9.69 Å². The van der Waals surface area contributed by atoms with E-state index in [0.29, 0.717) is 6.61 Å². The van der Waals surface area contributed by atoms with Crippen molar-refractivity contribution in [2.75, 3.05) is 19.7 Å². The summed E-state index contributed by atoms with van der Waals surface area (Å²) in [6.45, 7) is 4.74. The van der Waals surface area contributed by atoms with E-state index in [-0.39, 0.29) is 24.1 Å². The molecule has 6 nitrogen and oxygen atoms in total. The van der Waals surface area contributed by atoms with E-state index in [1.807, 2.05) is 24.7 Å². The van der Waals surface area contributed by atoms with E-state index in [1.54, 1.807) is 6.20 Å². The van der Waals surface area contributed by atoms with E-state index in [1.165, 1.54) is 25.7 Å². The highest BCUT2D eigenvalue weighted by Gasteiger charge is 2.35. The Hall–Kier alpha value is -1.40. The van der Waals surface area contributed by atoms with Gasteiger partial charge >= 0.3 is 0 Å². The fourth-order valence-electron chi connectivity index (χ4n) is 3.59. The van der Waals surface area contributed by atoms with Crippen LogP contribution in [0, 0.1) is 0 Å². The van der Waals surface area contributed by atoms with Crippen LogP contribution in [-0.2, 0) is 16.6 Å². The van der Waals surface area contributed by atoms with Gasteiger partial charge in [-0.2, -0.15) is 0 Å². The van der Waals surface area contributed by atoms with Crippen molar-refractivity contribution in [1.29, 1.82) is 0 Å². The summed E-state index contributed by atoms with van der Waals surface area (Å²) < 4.78 is 7.79. The molecule has 2 saturated heterocycles. The summed E-state index contributed by atoms with van der Waals surface area (Å²) in [5, 5.41) is 3.20. The molecule has 3 heterocycles. The fourth-order valence-corrected chi connectivity index (χ4v) is 3.59. The minimum absolute atomic E-state index is 0.0121. The van der Waals surface area contributed by atoms with Crippen LogP contribution in [0.3, 0.4) is 0 Å². The molecule has 0 saturated carbocycles. The Kier molecular flexibility index (Phi) is 5.33. The van der Waals surface area contributed by atoms with Crippen molar-refractivity contribution in [3.05, 3.63) is 18.2 Å². The minimum atomic E-state index is -0.143. The molecular weight excluding hydrogens is 292 g/mol. The fraction of sp³-hybridized carbons (Fsp3) is 0.765. The van der Waals surface area contributed by atoms with Crippen molar-refractivity contribution in [1.82, 2.24) is 19.8 Å². The number of hydrogen-bond donors (Lipinski definition) is 1. The lowest BCUT2D eigenvalue weighted by atomic mass is 10.1. The third-order valence-corrected chi connectivity index (χ3v) is 5.10. The number of hydrogen-bond acceptors (Lipinski definition) is 4. The molecule has 3 rings (SSSR count). The first-order valence-corrected chi connectivity index (χ1v) is 8.80. The van der Waals surface area contributed by atoms with Crippen LogP contribution < -0.4 is 5.32 Å². The van der Waals surface area contributed by atoms with Gasteiger partial charge in [0.25, 0.3) is 0 Å². The number of nitrogens with zero attached hydrogens (tertiary/aromatic N) is 3. The van der Waals surface area contributed by atoms with Crippen molar-refractivity contribution in [2.45, 2.75) is 57.2 Å². The SMILES string of the molecule is CC(C(=O)N[C@H]1CCO[C@@H]1c1nccn1C)N1CCCCCC1. The Labute approximate surface area is 138 Å². The number of imidazole rings is 1. The highest BCUT2D eigenvalue weighted by atomic mass is 16.5. The number of carbonyl (C=O) groups is 1. The summed E-state index contributed by atoms with van der Waals surface area (Å²) in [5.74, 6) is 0.997. The lowest BCUT2D eigenvalue weighted by Gasteiger charge is -2.28. The second-order valence-electron chi connectivity index (χ2n) is 6.72. The molecule has 1 aromatic rings. The Morgan fingerprint density at radius 2 is 2.09 bits per heavy atom. The molecule has 0 aromatic carbocycles. The van der Waals surface area contributed by atoms with Crippen molar-refractivity contribution in [2.24, 2.45) is 7.05 Å². The maximum absolute atomic E-state index is 12.7. The maximum Gasteiger partial charge on any atom is 0.237 e. The van der Waals surface area contributed by atoms with Gasteiger partial charge in [0.05, 0.1) is 12.1 Å². The molecule has 128 valence electrons. The van der Waals surface area contributed by atoms with Gasteiger partial charge in [-0.1, -0.05) is 12.8 Å². The van der Waals surface area contributed by atoms with E-state index < -0.39 is 0 Å². The number of rotatable bonds is 4. The summed E-state index contributed by atoms with van der Waals surface area (Å²) in [7, 11) is 1.96. The molecule has 0 bridgehead atoms. The number of aryl methyl sites for hydroxylation is 1. The van der Waals surface area contributed by atoms with Gasteiger partial charge in [0, 0.05) is 26.0 Å². The zero-order chi connectivity index (χ0) is 16.2. The van der Waals surface area contributed by atoms with Crippen LogP contribution in [0.15, 0.2) is 12.4 Å². The van der Waals surface area contributed by atoms with Crippen molar-refractivity contribution < 1.29 is 9.53 Å². The zero-order valence-corrected chi connectivity index (χ0v) is 14.2. The average molecular weight is 320 g/mol. The first-order chi connectivity index (χ1) is 11.2. The van der Waals surface area contributed by atoms with Crippen LogP contribution in [0.2, 0.25) is 0 Å². The summed E-state index contributed by atoms with van der Waals surface area (Å²) >= 11 is 0. The average Bonchev–Trinajstić information content (AvgIpc) is 3.06. The maximum atomic E-state index is 12.7. The Morgan fingerprint density at radius 1 is 1.35 bits per heavy atom. The van der Waals surface area contributed by atoms with Crippen LogP contribution in [0.5, 0.6) is 0 Å². The van der Waals surface area contributed by atoms with Crippen LogP contribution in [0.4, 0.5) is 0 Å². The first-order valence-electron chi connectivity index (χ1n) is 8.80. The van der Waals surface area contributed by atoms with E-state index in [4.69, 9.17) is 4.74 Å². The smallest absolute Gasteiger partial charge is 0.237 e. The lowest BCUT2D eigenvalue weighted by molar-refractivity contribution is -0.127. The lowest BCUT2D eigenvalue weighted by Crippen LogP contribution is -2.49. The van der Waals surface area contributed by atoms with Crippen LogP contribution in [-0.4, -0.2) is 52.1 Å². The molecule has 0 radical (unpaired) electrons. The van der Waals surface area contributed by atoms with Crippen LogP contribution >= 0.6 is 0 Å². The largest absolute Gasteiger partial charge is 0.368 e. The summed E-state index contributed by atoms with van der Waals surface area (Å²) in [4.78, 5) is 19.4. The Morgan fingerprint density at radius 3 is 2.74 bits per heavy atom. The molecule has 1 unspecified atom stereocenters. The van der Waals surface area contributed by atoms with Gasteiger partial charge in [0.2, 0.25) is 5.91 Å². The molecule has 0 aliphatic carbocycles. The van der Waals surface area contributed by atoms with Crippen molar-refractivity contribution in [3.8, 4) is 0 Å². The number of nitrogens with one attached hydrogen (secondary N) is 1. The van der Waals surface area contributed by atoms with Gasteiger partial charge in [0.15, 0.2) is 0 Å². The zero-order valence-electron chi connectivity index (χ0n) is 14.2. The molecule has 23 heavy (non-hydrogen) atoms. The van der Waals surface area contributed by atoms with Gasteiger partial charge in [-0.05, 0) is 39.3 Å². The van der Waals surface area contributed by atoms with E-state index in [2.05, 4.69) is 15.2 Å². The molecule has 6 heteroatoms. The summed E-state index contributed by atoms with van der Waals surface area (Å²) in [5.41, 5.74) is 0. The van der Waals surface area contributed by atoms with Crippen molar-refractivity contribution in [3.63, 3.8) is 0 Å². The molecule has 2 aliphatic rings. The number of aromatic nitrogens is 2. The first kappa shape index (κ1) is 16.5. The molecule has 2 fully saturated rings. The second kappa shape index (κ2) is 7.45. The molecule has 2 aliphatic heterocycles. The van der Waals surface area contributed by atoms with Crippen molar-refractivity contribution >= 4 is 5.91 Å². The Bertz CT molecular complexity index is 522. The third kappa shape index (κ3) is 3.75. The predicted molar refractivity (Wildman–Crippen MR) is 88.0 cm³/mol. The normalized spacial score (nSPS) is 27.6. The van der Waals surface area contributed by atoms with E-state index >= 15 is 0 Å². The predicted octanol–water partition coefficient (Wildman–Crippen LogP) is 1.63. The minimum Gasteiger partial charge on any atom is -0.368 e. The topological polar surface area (TPSA) is 59.4 Å². The molecule has 1 amide bonds. The van der Waals surface area contributed by atoms with E-state index in [0.717, 1.165) is 25.3 Å². The van der Waals surface area contributed by atoms with Gasteiger partial charge in [0.1, 0.15) is 11.9 Å². The third-order valence-electron chi connectivity index (χ3n) is 5.10. The second-order valence-corrected chi connectivity index (χ2v) is 6.72. The highest BCUT2D eigenvalue weighted by Crippen LogP contribution is 2.28. The molecule has 0 spiro atoms. The van der Waals surface area contributed by atoms with Gasteiger partial charge < -0.3 is 14.6 Å². The molecule has 3 atom stereocenters. The van der Waals surface area contributed by atoms with Gasteiger partial charge in [-0.25, -0.2) is 4.98 Å². The highest BCUT2D eigenvalue weighted by molar-refractivity contribution is 5.81. The quantitative estimate of drug-likeness (QED) is 0.916. The monoisotopic (exact) mass is 320 g/mol. The van der Waals surface area contributed by atoms with Crippen LogP contribution in [0.1, 0.15) is 51.0 Å². The number of likely N-dealkylation sites (tertiary alicyclic amines) is 1. The van der Waals surface area contributed by atoms with E-state index in [9.17, 15) is 4.79 Å². The molecule has 1 aromatic heterocycles.